The minimum Gasteiger partial charge on any atom is -0.354 e. The number of benzene rings is 4. The van der Waals surface area contributed by atoms with Crippen molar-refractivity contribution in [2.45, 2.75) is 44.7 Å². The van der Waals surface area contributed by atoms with Crippen LogP contribution in [-0.2, 0) is 32.6 Å². The molecule has 0 spiro atoms. The van der Waals surface area contributed by atoms with Crippen molar-refractivity contribution in [3.8, 4) is 0 Å². The van der Waals surface area contributed by atoms with E-state index in [1.807, 2.05) is 63.2 Å². The first kappa shape index (κ1) is 32.8. The summed E-state index contributed by atoms with van der Waals surface area (Å²) >= 11 is 6.30. The fraction of sp³-hybridized carbons (Fsp3) is 0.257. The van der Waals surface area contributed by atoms with Gasteiger partial charge in [-0.05, 0) is 65.9 Å². The zero-order chi connectivity index (χ0) is 31.7. The average Bonchev–Trinajstić information content (AvgIpc) is 3.01. The first-order valence-electron chi connectivity index (χ1n) is 14.5. The fourth-order valence-electron chi connectivity index (χ4n) is 4.84. The van der Waals surface area contributed by atoms with Crippen molar-refractivity contribution in [3.05, 3.63) is 131 Å². The van der Waals surface area contributed by atoms with E-state index in [0.717, 1.165) is 15.4 Å². The van der Waals surface area contributed by atoms with E-state index in [9.17, 15) is 18.0 Å². The third-order valence-corrected chi connectivity index (χ3v) is 9.12. The summed E-state index contributed by atoms with van der Waals surface area (Å²) in [5.74, 6) is -0.640. The molecule has 7 nitrogen and oxygen atoms in total. The maximum absolute atomic E-state index is 14.5. The van der Waals surface area contributed by atoms with Crippen molar-refractivity contribution in [3.63, 3.8) is 0 Å². The number of nitrogens with one attached hydrogen (secondary N) is 1. The maximum Gasteiger partial charge on any atom is 0.264 e. The fourth-order valence-corrected chi connectivity index (χ4v) is 6.48. The summed E-state index contributed by atoms with van der Waals surface area (Å²) in [5, 5.41) is 3.49. The van der Waals surface area contributed by atoms with Gasteiger partial charge < -0.3 is 10.2 Å². The van der Waals surface area contributed by atoms with E-state index in [-0.39, 0.29) is 29.7 Å². The second-order valence-electron chi connectivity index (χ2n) is 11.2. The molecule has 9 heteroatoms. The zero-order valence-corrected chi connectivity index (χ0v) is 26.8. The Hall–Kier alpha value is -4.14. The Kier molecular flexibility index (Phi) is 11.2. The van der Waals surface area contributed by atoms with Crippen LogP contribution in [0.25, 0.3) is 0 Å². The highest BCUT2D eigenvalue weighted by Crippen LogP contribution is 2.26. The molecule has 2 amide bonds. The van der Waals surface area contributed by atoms with Gasteiger partial charge in [0.05, 0.1) is 10.6 Å². The number of aryl methyl sites for hydroxylation is 1. The molecule has 0 bridgehead atoms. The second kappa shape index (κ2) is 15.0. The molecular weight excluding hydrogens is 594 g/mol. The third kappa shape index (κ3) is 8.71. The van der Waals surface area contributed by atoms with E-state index in [1.54, 1.807) is 54.6 Å². The quantitative estimate of drug-likeness (QED) is 0.189. The highest BCUT2D eigenvalue weighted by molar-refractivity contribution is 7.92. The number of nitrogens with zero attached hydrogens (tertiary/aromatic N) is 2. The lowest BCUT2D eigenvalue weighted by atomic mass is 10.0. The molecule has 230 valence electrons. The Morgan fingerprint density at radius 3 is 2.09 bits per heavy atom. The van der Waals surface area contributed by atoms with E-state index < -0.39 is 28.5 Å². The zero-order valence-electron chi connectivity index (χ0n) is 25.2. The molecule has 0 heterocycles. The summed E-state index contributed by atoms with van der Waals surface area (Å²) in [4.78, 5) is 29.8. The molecule has 0 aliphatic rings. The van der Waals surface area contributed by atoms with Crippen LogP contribution in [0, 0.1) is 12.8 Å². The number of sulfonamides is 1. The minimum atomic E-state index is -4.14. The van der Waals surface area contributed by atoms with Crippen LogP contribution >= 0.6 is 11.6 Å². The summed E-state index contributed by atoms with van der Waals surface area (Å²) in [6.07, 6.45) is 0.243. The molecule has 1 atom stereocenters. The first-order valence-corrected chi connectivity index (χ1v) is 16.4. The van der Waals surface area contributed by atoms with Crippen molar-refractivity contribution < 1.29 is 18.0 Å². The van der Waals surface area contributed by atoms with Crippen LogP contribution in [0.4, 0.5) is 5.69 Å². The van der Waals surface area contributed by atoms with Gasteiger partial charge in [-0.15, -0.1) is 0 Å². The van der Waals surface area contributed by atoms with Gasteiger partial charge in [0.15, 0.2) is 0 Å². The number of halogens is 1. The molecule has 0 fully saturated rings. The van der Waals surface area contributed by atoms with Crippen molar-refractivity contribution >= 4 is 39.1 Å². The highest BCUT2D eigenvalue weighted by Gasteiger charge is 2.34. The van der Waals surface area contributed by atoms with Crippen LogP contribution in [0.3, 0.4) is 0 Å². The van der Waals surface area contributed by atoms with Crippen molar-refractivity contribution in [2.75, 3.05) is 17.4 Å². The van der Waals surface area contributed by atoms with Gasteiger partial charge >= 0.3 is 0 Å². The molecule has 1 N–H and O–H groups in total. The average molecular weight is 632 g/mol. The number of anilines is 1. The smallest absolute Gasteiger partial charge is 0.264 e. The predicted molar refractivity (Wildman–Crippen MR) is 176 cm³/mol. The first-order chi connectivity index (χ1) is 21.0. The van der Waals surface area contributed by atoms with Crippen molar-refractivity contribution in [2.24, 2.45) is 5.92 Å². The van der Waals surface area contributed by atoms with E-state index in [0.29, 0.717) is 22.8 Å². The predicted octanol–water partition coefficient (Wildman–Crippen LogP) is 6.26. The second-order valence-corrected chi connectivity index (χ2v) is 13.5. The van der Waals surface area contributed by atoms with Crippen LogP contribution in [0.1, 0.15) is 30.5 Å². The monoisotopic (exact) mass is 631 g/mol. The molecule has 0 aliphatic carbocycles. The summed E-state index contributed by atoms with van der Waals surface area (Å²) < 4.78 is 29.2. The molecule has 4 rings (SSSR count). The van der Waals surface area contributed by atoms with Gasteiger partial charge in [0, 0.05) is 24.5 Å². The molecule has 44 heavy (non-hydrogen) atoms. The molecule has 4 aromatic carbocycles. The Morgan fingerprint density at radius 2 is 1.45 bits per heavy atom. The molecule has 1 unspecified atom stereocenters. The lowest BCUT2D eigenvalue weighted by molar-refractivity contribution is -0.140. The number of carbonyl (C=O) groups is 2. The van der Waals surface area contributed by atoms with Gasteiger partial charge in [0.25, 0.3) is 10.0 Å². The van der Waals surface area contributed by atoms with E-state index in [2.05, 4.69) is 5.32 Å². The van der Waals surface area contributed by atoms with Crippen LogP contribution in [0.5, 0.6) is 0 Å². The van der Waals surface area contributed by atoms with Gasteiger partial charge in [-0.2, -0.15) is 0 Å². The van der Waals surface area contributed by atoms with Crippen molar-refractivity contribution in [1.82, 2.24) is 10.2 Å². The van der Waals surface area contributed by atoms with Gasteiger partial charge in [-0.3, -0.25) is 13.9 Å². The number of rotatable bonds is 13. The lowest BCUT2D eigenvalue weighted by Gasteiger charge is -2.34. The Morgan fingerprint density at radius 1 is 0.818 bits per heavy atom. The van der Waals surface area contributed by atoms with Gasteiger partial charge in [0.2, 0.25) is 11.8 Å². The van der Waals surface area contributed by atoms with Gasteiger partial charge in [0.1, 0.15) is 12.6 Å². The lowest BCUT2D eigenvalue weighted by Crippen LogP contribution is -2.53. The molecule has 0 aromatic heterocycles. The SMILES string of the molecule is Cc1cccc(N(CC(=O)N(Cc2cccc(Cl)c2)C(Cc2ccccc2)C(=O)NCC(C)C)S(=O)(=O)c2ccccc2)c1. The van der Waals surface area contributed by atoms with E-state index in [1.165, 1.54) is 17.0 Å². The molecule has 0 aliphatic heterocycles. The summed E-state index contributed by atoms with van der Waals surface area (Å²) in [6.45, 7) is 5.83. The molecule has 0 saturated carbocycles. The Labute approximate surface area is 265 Å². The van der Waals surface area contributed by atoms with Crippen LogP contribution in [0.15, 0.2) is 114 Å². The largest absolute Gasteiger partial charge is 0.354 e. The molecule has 0 radical (unpaired) electrons. The summed E-state index contributed by atoms with van der Waals surface area (Å²) in [5.41, 5.74) is 2.78. The molecule has 0 saturated heterocycles. The topological polar surface area (TPSA) is 86.8 Å². The standard InChI is InChI=1S/C35H38ClN3O4S/c1-26(2)23-37-35(41)33(22-28-13-6-4-7-14-28)38(24-29-15-11-16-30(36)21-29)34(40)25-39(31-17-10-12-27(3)20-31)44(42,43)32-18-8-5-9-19-32/h4-21,26,33H,22-25H2,1-3H3,(H,37,41). The number of hydrogen-bond acceptors (Lipinski definition) is 4. The van der Waals surface area contributed by atoms with E-state index >= 15 is 0 Å². The maximum atomic E-state index is 14.5. The summed E-state index contributed by atoms with van der Waals surface area (Å²) in [7, 11) is -4.14. The van der Waals surface area contributed by atoms with Gasteiger partial charge in [-0.1, -0.05) is 98.2 Å². The van der Waals surface area contributed by atoms with Gasteiger partial charge in [-0.25, -0.2) is 8.42 Å². The summed E-state index contributed by atoms with van der Waals surface area (Å²) in [6, 6.07) is 30.7. The van der Waals surface area contributed by atoms with Crippen molar-refractivity contribution in [1.29, 1.82) is 0 Å². The minimum absolute atomic E-state index is 0.0546. The molecule has 4 aromatic rings. The van der Waals surface area contributed by atoms with Crippen LogP contribution < -0.4 is 9.62 Å². The van der Waals surface area contributed by atoms with E-state index in [4.69, 9.17) is 11.6 Å². The molecular formula is C35H38ClN3O4S. The Bertz CT molecular complexity index is 1660. The third-order valence-electron chi connectivity index (χ3n) is 7.10. The normalized spacial score (nSPS) is 12.0. The van der Waals surface area contributed by atoms with Crippen LogP contribution in [0.2, 0.25) is 5.02 Å². The highest BCUT2D eigenvalue weighted by atomic mass is 35.5. The van der Waals surface area contributed by atoms with Crippen LogP contribution in [-0.4, -0.2) is 44.3 Å². The number of hydrogen-bond donors (Lipinski definition) is 1. The Balaban J connectivity index is 1.79. The number of carbonyl (C=O) groups excluding carboxylic acids is 2. The number of amides is 2.